The minimum absolute atomic E-state index is 0.213. The standard InChI is InChI=1S/C31H30N4O4S/c1-3-38-30(37)26-27(21-10-6-4-7-11-21)32-31-35(28(26)22-12-8-5-9-13-22)29(36)24(40-31)20-23-14-15-25(39-23)34-18-16-33(2)17-19-34/h4-15,20,28H,3,16-19H2,1-2H3/b24-20-/t28-/m1/s1. The molecule has 1 saturated heterocycles. The smallest absolute Gasteiger partial charge is 0.338 e. The van der Waals surface area contributed by atoms with Gasteiger partial charge in [0.15, 0.2) is 10.7 Å². The second-order valence-electron chi connectivity index (χ2n) is 9.81. The number of hydrogen-bond acceptors (Lipinski definition) is 8. The van der Waals surface area contributed by atoms with Crippen LogP contribution in [-0.4, -0.2) is 55.3 Å². The average molecular weight is 555 g/mol. The Kier molecular flexibility index (Phi) is 7.23. The van der Waals surface area contributed by atoms with E-state index in [1.165, 1.54) is 11.3 Å². The number of furan rings is 1. The summed E-state index contributed by atoms with van der Waals surface area (Å²) in [6.07, 6.45) is 1.77. The van der Waals surface area contributed by atoms with Crippen LogP contribution in [0.1, 0.15) is 29.9 Å². The fourth-order valence-electron chi connectivity index (χ4n) is 5.14. The number of likely N-dealkylation sites (N-methyl/N-ethyl adjacent to an activating group) is 1. The SMILES string of the molecule is CCOC(=O)C1=C(c2ccccc2)N=c2s/c(=C\c3ccc(N4CCN(C)CC4)o3)c(=O)n2[C@@H]1c1ccccc1. The first-order valence-electron chi connectivity index (χ1n) is 13.4. The summed E-state index contributed by atoms with van der Waals surface area (Å²) in [7, 11) is 2.11. The molecule has 8 nitrogen and oxygen atoms in total. The predicted molar refractivity (Wildman–Crippen MR) is 156 cm³/mol. The van der Waals surface area contributed by atoms with Crippen LogP contribution in [0.25, 0.3) is 11.8 Å². The third-order valence-electron chi connectivity index (χ3n) is 7.19. The zero-order valence-electron chi connectivity index (χ0n) is 22.4. The second-order valence-corrected chi connectivity index (χ2v) is 10.8. The molecule has 1 fully saturated rings. The summed E-state index contributed by atoms with van der Waals surface area (Å²) in [6, 6.07) is 22.3. The van der Waals surface area contributed by atoms with E-state index >= 15 is 0 Å². The Bertz CT molecular complexity index is 1730. The average Bonchev–Trinajstić information content (AvgIpc) is 3.58. The van der Waals surface area contributed by atoms with E-state index in [4.69, 9.17) is 14.1 Å². The molecule has 9 heteroatoms. The van der Waals surface area contributed by atoms with Crippen molar-refractivity contribution in [1.82, 2.24) is 9.47 Å². The van der Waals surface area contributed by atoms with Gasteiger partial charge in [0.25, 0.3) is 5.56 Å². The van der Waals surface area contributed by atoms with Gasteiger partial charge in [0, 0.05) is 43.9 Å². The summed E-state index contributed by atoms with van der Waals surface area (Å²) in [5, 5.41) is 0. The van der Waals surface area contributed by atoms with E-state index in [2.05, 4.69) is 16.8 Å². The number of anilines is 1. The number of thiazole rings is 1. The van der Waals surface area contributed by atoms with Crippen LogP contribution in [0.3, 0.4) is 0 Å². The lowest BCUT2D eigenvalue weighted by Crippen LogP contribution is -2.44. The van der Waals surface area contributed by atoms with Gasteiger partial charge < -0.3 is 19.0 Å². The van der Waals surface area contributed by atoms with Gasteiger partial charge in [-0.1, -0.05) is 72.0 Å². The van der Waals surface area contributed by atoms with Crippen LogP contribution in [-0.2, 0) is 9.53 Å². The summed E-state index contributed by atoms with van der Waals surface area (Å²) >= 11 is 1.29. The highest BCUT2D eigenvalue weighted by molar-refractivity contribution is 7.07. The summed E-state index contributed by atoms with van der Waals surface area (Å²) in [5.74, 6) is 0.907. The zero-order chi connectivity index (χ0) is 27.6. The van der Waals surface area contributed by atoms with Crippen molar-refractivity contribution in [3.63, 3.8) is 0 Å². The number of nitrogens with zero attached hydrogens (tertiary/aromatic N) is 4. The molecule has 204 valence electrons. The van der Waals surface area contributed by atoms with Crippen molar-refractivity contribution >= 4 is 35.0 Å². The van der Waals surface area contributed by atoms with Crippen molar-refractivity contribution in [2.45, 2.75) is 13.0 Å². The summed E-state index contributed by atoms with van der Waals surface area (Å²) < 4.78 is 13.7. The lowest BCUT2D eigenvalue weighted by molar-refractivity contribution is -0.138. The van der Waals surface area contributed by atoms with Gasteiger partial charge in [-0.2, -0.15) is 0 Å². The number of fused-ring (bicyclic) bond motifs is 1. The minimum Gasteiger partial charge on any atom is -0.463 e. The topological polar surface area (TPSA) is 80.3 Å². The molecule has 2 aliphatic rings. The molecule has 0 amide bonds. The number of ether oxygens (including phenoxy) is 1. The minimum atomic E-state index is -0.689. The number of aromatic nitrogens is 1. The Morgan fingerprint density at radius 1 is 1.02 bits per heavy atom. The third-order valence-corrected chi connectivity index (χ3v) is 8.17. The molecular formula is C31H30N4O4S. The zero-order valence-corrected chi connectivity index (χ0v) is 23.3. The van der Waals surface area contributed by atoms with Crippen molar-refractivity contribution in [3.8, 4) is 0 Å². The molecule has 0 aliphatic carbocycles. The Morgan fingerprint density at radius 2 is 1.73 bits per heavy atom. The van der Waals surface area contributed by atoms with Gasteiger partial charge in [-0.05, 0) is 25.6 Å². The van der Waals surface area contributed by atoms with Crippen LogP contribution in [0.15, 0.2) is 92.6 Å². The van der Waals surface area contributed by atoms with Crippen LogP contribution in [0.5, 0.6) is 0 Å². The van der Waals surface area contributed by atoms with Crippen molar-refractivity contribution in [2.75, 3.05) is 44.7 Å². The Hall–Kier alpha value is -4.21. The van der Waals surface area contributed by atoms with Crippen LogP contribution < -0.4 is 19.8 Å². The molecule has 6 rings (SSSR count). The Labute approximate surface area is 235 Å². The molecule has 0 radical (unpaired) electrons. The molecule has 2 aromatic heterocycles. The molecular weight excluding hydrogens is 524 g/mol. The molecule has 40 heavy (non-hydrogen) atoms. The lowest BCUT2D eigenvalue weighted by Gasteiger charge is -2.32. The normalized spacial score (nSPS) is 18.0. The number of benzene rings is 2. The van der Waals surface area contributed by atoms with Gasteiger partial charge in [0.05, 0.1) is 28.5 Å². The van der Waals surface area contributed by atoms with Crippen LogP contribution in [0, 0.1) is 0 Å². The molecule has 4 heterocycles. The molecule has 2 aliphatic heterocycles. The van der Waals surface area contributed by atoms with E-state index in [0.29, 0.717) is 26.4 Å². The molecule has 1 atom stereocenters. The fraction of sp³-hybridized carbons (Fsp3) is 0.258. The van der Waals surface area contributed by atoms with Crippen LogP contribution in [0.4, 0.5) is 5.88 Å². The van der Waals surface area contributed by atoms with E-state index in [0.717, 1.165) is 43.2 Å². The fourth-order valence-corrected chi connectivity index (χ4v) is 6.12. The van der Waals surface area contributed by atoms with Crippen molar-refractivity contribution < 1.29 is 13.9 Å². The number of piperazine rings is 1. The molecule has 4 aromatic rings. The first-order valence-corrected chi connectivity index (χ1v) is 14.2. The quantitative estimate of drug-likeness (QED) is 0.341. The van der Waals surface area contributed by atoms with Gasteiger partial charge in [0.2, 0.25) is 0 Å². The van der Waals surface area contributed by atoms with Crippen molar-refractivity contribution in [3.05, 3.63) is 115 Å². The summed E-state index contributed by atoms with van der Waals surface area (Å²) in [4.78, 5) is 37.3. The molecule has 0 N–H and O–H groups in total. The maximum atomic E-state index is 14.0. The Morgan fingerprint density at radius 3 is 2.42 bits per heavy atom. The van der Waals surface area contributed by atoms with Crippen molar-refractivity contribution in [1.29, 1.82) is 0 Å². The van der Waals surface area contributed by atoms with E-state index in [1.54, 1.807) is 17.6 Å². The van der Waals surface area contributed by atoms with Gasteiger partial charge in [-0.25, -0.2) is 9.79 Å². The van der Waals surface area contributed by atoms with Gasteiger partial charge in [0.1, 0.15) is 5.76 Å². The lowest BCUT2D eigenvalue weighted by atomic mass is 9.93. The number of carbonyl (C=O) groups excluding carboxylic acids is 1. The first-order chi connectivity index (χ1) is 19.5. The number of esters is 1. The summed E-state index contributed by atoms with van der Waals surface area (Å²) in [6.45, 7) is 5.71. The first kappa shape index (κ1) is 26.0. The van der Waals surface area contributed by atoms with E-state index in [9.17, 15) is 9.59 Å². The molecule has 2 aromatic carbocycles. The molecule has 0 bridgehead atoms. The van der Waals surface area contributed by atoms with E-state index in [1.807, 2.05) is 72.8 Å². The van der Waals surface area contributed by atoms with Gasteiger partial charge in [-0.3, -0.25) is 9.36 Å². The highest BCUT2D eigenvalue weighted by Crippen LogP contribution is 2.35. The maximum absolute atomic E-state index is 14.0. The third kappa shape index (κ3) is 4.94. The van der Waals surface area contributed by atoms with Crippen molar-refractivity contribution in [2.24, 2.45) is 4.99 Å². The van der Waals surface area contributed by atoms with Gasteiger partial charge >= 0.3 is 5.97 Å². The highest BCUT2D eigenvalue weighted by Gasteiger charge is 2.35. The number of hydrogen-bond donors (Lipinski definition) is 0. The van der Waals surface area contributed by atoms with Crippen LogP contribution in [0.2, 0.25) is 0 Å². The second kappa shape index (κ2) is 11.1. The Balaban J connectivity index is 1.50. The summed E-state index contributed by atoms with van der Waals surface area (Å²) in [5.41, 5.74) is 2.21. The van der Waals surface area contributed by atoms with E-state index < -0.39 is 12.0 Å². The van der Waals surface area contributed by atoms with Crippen LogP contribution >= 0.6 is 11.3 Å². The molecule has 0 unspecified atom stereocenters. The number of carbonyl (C=O) groups is 1. The predicted octanol–water partition coefficient (Wildman–Crippen LogP) is 3.28. The monoisotopic (exact) mass is 554 g/mol. The largest absolute Gasteiger partial charge is 0.463 e. The highest BCUT2D eigenvalue weighted by atomic mass is 32.1. The number of rotatable bonds is 6. The van der Waals surface area contributed by atoms with E-state index in [-0.39, 0.29) is 12.2 Å². The molecule has 0 saturated carbocycles. The van der Waals surface area contributed by atoms with Gasteiger partial charge in [-0.15, -0.1) is 0 Å². The maximum Gasteiger partial charge on any atom is 0.338 e. The molecule has 0 spiro atoms.